The molecule has 226 valence electrons. The molecule has 0 atom stereocenters. The third kappa shape index (κ3) is 5.37. The SMILES string of the molecule is C1=CC[C]([Ti+2](=[C]2C3CC4CC(C3)CC2C4)[CH]2c3ccc(C4CCCCC4)cc3-c3cc(C4CCCCC4)ccc32)=C1.[Cl-].[Cl-]. The smallest absolute Gasteiger partial charge is 1.00 e. The molecule has 6 fully saturated rings. The zero-order valence-electron chi connectivity index (χ0n) is 25.8. The molecule has 8 aliphatic carbocycles. The standard InChI is InChI=1S/C25H29.C10H14.C5H5.2ClH.Ti/c1-3-7-18(8-4-1)20-11-13-22-15-23-14-12-21(17-25(23)24(22)16-20)19-9-5-2-6-10-19;1-7-2-9-4-8(1)5-10(3-7)6-9;1-2-4-5-3-1;;;/h11-19H,1-10H2;7-10H,1-5H2;1-3H,4H2;2*1H;/q;;;;;+2/p-2. The van der Waals surface area contributed by atoms with Crippen LogP contribution in [0.3, 0.4) is 0 Å². The van der Waals surface area contributed by atoms with Gasteiger partial charge < -0.3 is 24.8 Å². The summed E-state index contributed by atoms with van der Waals surface area (Å²) < 4.78 is 4.74. The monoisotopic (exact) mass is 646 g/mol. The van der Waals surface area contributed by atoms with Crippen molar-refractivity contribution in [3.63, 3.8) is 0 Å². The summed E-state index contributed by atoms with van der Waals surface area (Å²) in [7, 11) is 0. The van der Waals surface area contributed by atoms with Crippen molar-refractivity contribution in [2.24, 2.45) is 23.7 Å². The summed E-state index contributed by atoms with van der Waals surface area (Å²) in [5.74, 6) is 5.59. The van der Waals surface area contributed by atoms with Gasteiger partial charge >= 0.3 is 256 Å². The van der Waals surface area contributed by atoms with E-state index in [4.69, 9.17) is 0 Å². The van der Waals surface area contributed by atoms with Gasteiger partial charge in [-0.15, -0.1) is 0 Å². The quantitative estimate of drug-likeness (QED) is 0.413. The zero-order valence-corrected chi connectivity index (χ0v) is 28.9. The molecule has 0 unspecified atom stereocenters. The van der Waals surface area contributed by atoms with Crippen molar-refractivity contribution in [3.8, 4) is 11.1 Å². The van der Waals surface area contributed by atoms with Crippen LogP contribution in [0.2, 0.25) is 0 Å². The van der Waals surface area contributed by atoms with Crippen molar-refractivity contribution in [2.45, 2.75) is 119 Å². The molecule has 4 bridgehead atoms. The average molecular weight is 648 g/mol. The zero-order chi connectivity index (χ0) is 26.9. The molecule has 0 spiro atoms. The first-order valence-electron chi connectivity index (χ1n) is 17.7. The van der Waals surface area contributed by atoms with Gasteiger partial charge in [0.2, 0.25) is 0 Å². The minimum absolute atomic E-state index is 0. The molecule has 3 heteroatoms. The molecule has 10 rings (SSSR count). The third-order valence-electron chi connectivity index (χ3n) is 13.0. The maximum absolute atomic E-state index is 2.73. The van der Waals surface area contributed by atoms with Gasteiger partial charge in [0.15, 0.2) is 0 Å². The molecule has 0 N–H and O–H groups in total. The average Bonchev–Trinajstić information content (AvgIpc) is 3.66. The van der Waals surface area contributed by atoms with Gasteiger partial charge in [0.1, 0.15) is 0 Å². The summed E-state index contributed by atoms with van der Waals surface area (Å²) in [6.45, 7) is 0. The van der Waals surface area contributed by atoms with Gasteiger partial charge in [0, 0.05) is 0 Å². The fraction of sp³-hybridized carbons (Fsp3) is 0.575. The summed E-state index contributed by atoms with van der Waals surface area (Å²) in [6.07, 6.45) is 30.6. The van der Waals surface area contributed by atoms with Crippen LogP contribution in [-0.2, 0) is 17.4 Å². The Hall–Kier alpha value is -0.916. The molecule has 0 amide bonds. The first-order chi connectivity index (χ1) is 20.3. The van der Waals surface area contributed by atoms with Crippen molar-refractivity contribution in [3.05, 3.63) is 80.8 Å². The van der Waals surface area contributed by atoms with Crippen molar-refractivity contribution in [2.75, 3.05) is 0 Å². The first kappa shape index (κ1) is 30.7. The summed E-state index contributed by atoms with van der Waals surface area (Å²) in [4.78, 5) is 0. The third-order valence-corrected chi connectivity index (χ3v) is 18.7. The van der Waals surface area contributed by atoms with Gasteiger partial charge in [-0.25, -0.2) is 0 Å². The summed E-state index contributed by atoms with van der Waals surface area (Å²) >= 11 is -1.76. The molecule has 0 nitrogen and oxygen atoms in total. The summed E-state index contributed by atoms with van der Waals surface area (Å²) in [5.41, 5.74) is 10.1. The van der Waals surface area contributed by atoms with E-state index < -0.39 is 17.4 Å². The van der Waals surface area contributed by atoms with Crippen LogP contribution in [0, 0.1) is 23.7 Å². The number of benzene rings is 2. The Balaban J connectivity index is 0.00000150. The van der Waals surface area contributed by atoms with Gasteiger partial charge in [0.25, 0.3) is 0 Å². The van der Waals surface area contributed by atoms with Gasteiger partial charge in [-0.1, -0.05) is 0 Å². The van der Waals surface area contributed by atoms with Crippen LogP contribution >= 0.6 is 0 Å². The fourth-order valence-corrected chi connectivity index (χ4v) is 17.8. The van der Waals surface area contributed by atoms with E-state index in [9.17, 15) is 0 Å². The Kier molecular flexibility index (Phi) is 9.08. The number of fused-ring (bicyclic) bond motifs is 3. The molecule has 6 saturated carbocycles. The van der Waals surface area contributed by atoms with E-state index in [0.717, 1.165) is 35.5 Å². The van der Waals surface area contributed by atoms with Crippen LogP contribution in [0.4, 0.5) is 0 Å². The topological polar surface area (TPSA) is 0 Å². The second-order valence-corrected chi connectivity index (χ2v) is 19.4. The molecule has 2 aromatic carbocycles. The van der Waals surface area contributed by atoms with E-state index in [1.54, 1.807) is 39.8 Å². The Bertz CT molecular complexity index is 1350. The molecule has 0 aromatic heterocycles. The molecule has 0 saturated heterocycles. The van der Waals surface area contributed by atoms with Crippen LogP contribution in [0.25, 0.3) is 11.1 Å². The van der Waals surface area contributed by atoms with Crippen LogP contribution in [-0.4, -0.2) is 3.81 Å². The van der Waals surface area contributed by atoms with Crippen LogP contribution in [0.1, 0.15) is 141 Å². The normalized spacial score (nSPS) is 29.4. The van der Waals surface area contributed by atoms with E-state index in [1.165, 1.54) is 96.3 Å². The maximum atomic E-state index is 2.73. The second kappa shape index (κ2) is 12.7. The summed E-state index contributed by atoms with van der Waals surface area (Å²) in [6, 6.07) is 16.0. The Morgan fingerprint density at radius 3 is 1.53 bits per heavy atom. The Morgan fingerprint density at radius 1 is 0.558 bits per heavy atom. The number of hydrogen-bond donors (Lipinski definition) is 0. The first-order valence-corrected chi connectivity index (χ1v) is 20.1. The van der Waals surface area contributed by atoms with Crippen molar-refractivity contribution >= 4 is 3.81 Å². The number of rotatable bonds is 4. The number of halogens is 2. The second-order valence-electron chi connectivity index (χ2n) is 15.3. The van der Waals surface area contributed by atoms with Crippen molar-refractivity contribution < 1.29 is 42.2 Å². The van der Waals surface area contributed by atoms with Gasteiger partial charge in [0.05, 0.1) is 0 Å². The van der Waals surface area contributed by atoms with E-state index in [0.29, 0.717) is 4.22 Å². The molecule has 0 aliphatic heterocycles. The minimum Gasteiger partial charge on any atom is -1.00 e. The fourth-order valence-electron chi connectivity index (χ4n) is 11.3. The van der Waals surface area contributed by atoms with Crippen LogP contribution in [0.5, 0.6) is 0 Å². The Labute approximate surface area is 278 Å². The molecule has 0 heterocycles. The van der Waals surface area contributed by atoms with E-state index >= 15 is 0 Å². The predicted octanol–water partition coefficient (Wildman–Crippen LogP) is 4.95. The van der Waals surface area contributed by atoms with Gasteiger partial charge in [-0.05, 0) is 0 Å². The molecular weight excluding hydrogens is 599 g/mol. The maximum Gasteiger partial charge on any atom is -1.00 e. The molecular formula is C40H48Cl2Ti. The van der Waals surface area contributed by atoms with Crippen LogP contribution in [0.15, 0.2) is 58.5 Å². The predicted molar refractivity (Wildman–Crippen MR) is 169 cm³/mol. The number of allylic oxidation sites excluding steroid dienone is 4. The van der Waals surface area contributed by atoms with Gasteiger partial charge in [-0.2, -0.15) is 0 Å². The van der Waals surface area contributed by atoms with Crippen LogP contribution < -0.4 is 24.8 Å². The van der Waals surface area contributed by atoms with E-state index in [1.807, 2.05) is 3.88 Å². The minimum atomic E-state index is -1.76. The number of hydrogen-bond acceptors (Lipinski definition) is 0. The Morgan fingerprint density at radius 2 is 1.07 bits per heavy atom. The molecule has 8 aliphatic rings. The van der Waals surface area contributed by atoms with E-state index in [-0.39, 0.29) is 24.8 Å². The van der Waals surface area contributed by atoms with E-state index in [2.05, 4.69) is 58.4 Å². The summed E-state index contributed by atoms with van der Waals surface area (Å²) in [5, 5.41) is 0. The molecule has 2 aromatic rings. The van der Waals surface area contributed by atoms with Gasteiger partial charge in [-0.3, -0.25) is 0 Å². The molecule has 0 radical (unpaired) electrons. The van der Waals surface area contributed by atoms with Crippen molar-refractivity contribution in [1.82, 2.24) is 0 Å². The van der Waals surface area contributed by atoms with Crippen molar-refractivity contribution in [1.29, 1.82) is 0 Å². The largest absolute Gasteiger partial charge is 1.00 e. The molecule has 43 heavy (non-hydrogen) atoms.